The monoisotopic (exact) mass is 984 g/mol. The summed E-state index contributed by atoms with van der Waals surface area (Å²) in [5.74, 6) is 1.59. The maximum absolute atomic E-state index is 7.50. The largest absolute Gasteiger partial charge is 0.456 e. The lowest BCUT2D eigenvalue weighted by Gasteiger charge is -2.42. The van der Waals surface area contributed by atoms with Gasteiger partial charge in [-0.15, -0.1) is 0 Å². The molecule has 0 N–H and O–H groups in total. The van der Waals surface area contributed by atoms with E-state index in [2.05, 4.69) is 259 Å². The van der Waals surface area contributed by atoms with Crippen LogP contribution in [0.25, 0.3) is 44.2 Å². The van der Waals surface area contributed by atoms with Crippen molar-refractivity contribution in [2.75, 3.05) is 9.80 Å². The Morgan fingerprint density at radius 3 is 1.58 bits per heavy atom. The molecule has 0 saturated heterocycles. The number of fused-ring (bicyclic) bond motifs is 19. The van der Waals surface area contributed by atoms with Crippen LogP contribution < -0.4 is 9.80 Å². The number of furan rings is 1. The van der Waals surface area contributed by atoms with E-state index in [1.165, 1.54) is 66.8 Å². The van der Waals surface area contributed by atoms with Gasteiger partial charge in [0.2, 0.25) is 0 Å². The zero-order chi connectivity index (χ0) is 51.8. The molecule has 0 amide bonds. The fraction of sp³-hybridized carbons (Fsp3) is 0.183. The summed E-state index contributed by atoms with van der Waals surface area (Å²) in [5, 5.41) is 2.17. The highest BCUT2D eigenvalue weighted by Gasteiger charge is 2.62. The summed E-state index contributed by atoms with van der Waals surface area (Å²) in [6, 6.07) is 72.9. The standard InChI is InChI=1S/C71H60N4O/c1-43-25-37-62(72-41-43)74(47-31-27-45(28-32-47)69(3,4)5)49-35-36-54-56(39-49)50-17-9-10-20-53(50)65-66-59(71(67(54)65)57-22-14-11-18-51(57)52-19-12-15-23-58(52)71)40-60(64-55-21-13-16-24-61(55)76-68(64)66)75(63-38-26-44(2)42-73-63)48-33-29-46(30-34-48)70(6,7)8/h9-42,65,67H,1-8H3. The van der Waals surface area contributed by atoms with Gasteiger partial charge >= 0.3 is 0 Å². The van der Waals surface area contributed by atoms with Gasteiger partial charge in [-0.3, -0.25) is 9.80 Å². The van der Waals surface area contributed by atoms with Crippen molar-refractivity contribution < 1.29 is 4.42 Å². The molecule has 11 aromatic rings. The van der Waals surface area contributed by atoms with Gasteiger partial charge in [-0.25, -0.2) is 9.97 Å². The lowest BCUT2D eigenvalue weighted by atomic mass is 9.60. The molecule has 76 heavy (non-hydrogen) atoms. The predicted molar refractivity (Wildman–Crippen MR) is 314 cm³/mol. The average Bonchev–Trinajstić information content (AvgIpc) is 4.29. The molecule has 3 aliphatic rings. The van der Waals surface area contributed by atoms with E-state index in [1.807, 2.05) is 12.4 Å². The maximum Gasteiger partial charge on any atom is 0.141 e. The molecule has 8 aromatic carbocycles. The lowest BCUT2D eigenvalue weighted by Crippen LogP contribution is -2.34. The third-order valence-corrected chi connectivity index (χ3v) is 16.9. The van der Waals surface area contributed by atoms with Crippen LogP contribution in [-0.2, 0) is 16.2 Å². The molecule has 0 radical (unpaired) electrons. The number of benzene rings is 8. The van der Waals surface area contributed by atoms with Crippen LogP contribution >= 0.6 is 0 Å². The van der Waals surface area contributed by atoms with Gasteiger partial charge in [-0.05, 0) is 158 Å². The zero-order valence-electron chi connectivity index (χ0n) is 44.5. The Balaban J connectivity index is 1.09. The first kappa shape index (κ1) is 46.0. The van der Waals surface area contributed by atoms with E-state index < -0.39 is 5.41 Å². The molecular formula is C71H60N4O. The van der Waals surface area contributed by atoms with Gasteiger partial charge in [-0.1, -0.05) is 175 Å². The van der Waals surface area contributed by atoms with Crippen LogP contribution in [0.5, 0.6) is 0 Å². The zero-order valence-corrected chi connectivity index (χ0v) is 44.5. The van der Waals surface area contributed by atoms with E-state index >= 15 is 0 Å². The summed E-state index contributed by atoms with van der Waals surface area (Å²) in [7, 11) is 0. The fourth-order valence-electron chi connectivity index (χ4n) is 13.4. The van der Waals surface area contributed by atoms with Gasteiger partial charge in [0.05, 0.1) is 16.5 Å². The Hall–Kier alpha value is -8.54. The van der Waals surface area contributed by atoms with Crippen molar-refractivity contribution in [2.24, 2.45) is 0 Å². The normalized spacial score (nSPS) is 15.7. The molecule has 0 bridgehead atoms. The molecule has 2 unspecified atom stereocenters. The first-order valence-corrected chi connectivity index (χ1v) is 26.9. The molecule has 3 aliphatic carbocycles. The minimum Gasteiger partial charge on any atom is -0.456 e. The van der Waals surface area contributed by atoms with Gasteiger partial charge in [0.25, 0.3) is 0 Å². The number of pyridine rings is 2. The number of para-hydroxylation sites is 1. The van der Waals surface area contributed by atoms with Crippen LogP contribution in [0.2, 0.25) is 0 Å². The third kappa shape index (κ3) is 6.77. The van der Waals surface area contributed by atoms with E-state index in [-0.39, 0.29) is 22.7 Å². The molecule has 3 heterocycles. The molecule has 1 spiro atoms. The topological polar surface area (TPSA) is 45.4 Å². The van der Waals surface area contributed by atoms with Crippen molar-refractivity contribution in [1.82, 2.24) is 9.97 Å². The molecule has 370 valence electrons. The second-order valence-electron chi connectivity index (χ2n) is 23.5. The molecule has 14 rings (SSSR count). The summed E-state index contributed by atoms with van der Waals surface area (Å²) >= 11 is 0. The third-order valence-electron chi connectivity index (χ3n) is 16.9. The SMILES string of the molecule is Cc1ccc(N(c2ccc(C(C)(C)C)cc2)c2ccc3c(c2)-c2ccccc2C2c4c(cc(N(c5ccc(C(C)(C)C)cc5)c5ccc(C)cn5)c5c4oc4ccccc45)C4(c5ccccc5-c5ccccc54)C32)nc1. The Labute approximate surface area is 446 Å². The summed E-state index contributed by atoms with van der Waals surface area (Å²) in [5.41, 5.74) is 23.0. The number of anilines is 6. The van der Waals surface area contributed by atoms with Crippen LogP contribution in [0, 0.1) is 13.8 Å². The minimum absolute atomic E-state index is 0.0140. The van der Waals surface area contributed by atoms with Crippen LogP contribution in [0.1, 0.15) is 109 Å². The minimum atomic E-state index is -0.637. The number of aryl methyl sites for hydroxylation is 2. The van der Waals surface area contributed by atoms with Gasteiger partial charge in [0.1, 0.15) is 22.8 Å². The lowest BCUT2D eigenvalue weighted by molar-refractivity contribution is 0.491. The molecule has 2 atom stereocenters. The van der Waals surface area contributed by atoms with E-state index in [1.54, 1.807) is 0 Å². The van der Waals surface area contributed by atoms with Crippen molar-refractivity contribution in [3.05, 3.63) is 262 Å². The molecule has 5 heteroatoms. The average molecular weight is 985 g/mol. The fourth-order valence-corrected chi connectivity index (χ4v) is 13.4. The Kier molecular flexibility index (Phi) is 10.1. The summed E-state index contributed by atoms with van der Waals surface area (Å²) in [6.07, 6.45) is 3.96. The van der Waals surface area contributed by atoms with E-state index in [0.29, 0.717) is 0 Å². The van der Waals surface area contributed by atoms with Crippen LogP contribution in [-0.4, -0.2) is 9.97 Å². The van der Waals surface area contributed by atoms with Gasteiger partial charge in [0.15, 0.2) is 0 Å². The van der Waals surface area contributed by atoms with Gasteiger partial charge in [0, 0.05) is 52.2 Å². The maximum atomic E-state index is 7.50. The van der Waals surface area contributed by atoms with E-state index in [4.69, 9.17) is 14.4 Å². The Morgan fingerprint density at radius 1 is 0.461 bits per heavy atom. The molecule has 5 nitrogen and oxygen atoms in total. The molecular weight excluding hydrogens is 925 g/mol. The van der Waals surface area contributed by atoms with Crippen LogP contribution in [0.4, 0.5) is 34.4 Å². The van der Waals surface area contributed by atoms with Crippen molar-refractivity contribution in [2.45, 2.75) is 83.5 Å². The highest BCUT2D eigenvalue weighted by Crippen LogP contribution is 2.73. The number of hydrogen-bond donors (Lipinski definition) is 0. The summed E-state index contributed by atoms with van der Waals surface area (Å²) in [6.45, 7) is 17.9. The number of nitrogens with zero attached hydrogens (tertiary/aromatic N) is 4. The van der Waals surface area contributed by atoms with Gasteiger partial charge in [-0.2, -0.15) is 0 Å². The molecule has 0 fully saturated rings. The highest BCUT2D eigenvalue weighted by molar-refractivity contribution is 6.16. The Bertz CT molecular complexity index is 4050. The van der Waals surface area contributed by atoms with E-state index in [0.717, 1.165) is 67.5 Å². The number of hydrogen-bond acceptors (Lipinski definition) is 5. The number of aromatic nitrogens is 2. The van der Waals surface area contributed by atoms with Crippen molar-refractivity contribution >= 4 is 56.3 Å². The molecule has 0 saturated carbocycles. The van der Waals surface area contributed by atoms with Gasteiger partial charge < -0.3 is 4.42 Å². The van der Waals surface area contributed by atoms with E-state index in [9.17, 15) is 0 Å². The first-order chi connectivity index (χ1) is 36.8. The highest BCUT2D eigenvalue weighted by atomic mass is 16.3. The number of rotatable bonds is 6. The van der Waals surface area contributed by atoms with Crippen molar-refractivity contribution in [3.63, 3.8) is 0 Å². The second-order valence-corrected chi connectivity index (χ2v) is 23.5. The molecule has 3 aromatic heterocycles. The summed E-state index contributed by atoms with van der Waals surface area (Å²) in [4.78, 5) is 15.0. The van der Waals surface area contributed by atoms with Crippen LogP contribution in [0.15, 0.2) is 211 Å². The van der Waals surface area contributed by atoms with Crippen molar-refractivity contribution in [1.29, 1.82) is 0 Å². The second kappa shape index (κ2) is 16.7. The smallest absolute Gasteiger partial charge is 0.141 e. The Morgan fingerprint density at radius 2 is 0.987 bits per heavy atom. The first-order valence-electron chi connectivity index (χ1n) is 26.9. The predicted octanol–water partition coefficient (Wildman–Crippen LogP) is 18.8. The quantitative estimate of drug-likeness (QED) is 0.166. The van der Waals surface area contributed by atoms with Crippen molar-refractivity contribution in [3.8, 4) is 22.3 Å². The van der Waals surface area contributed by atoms with Crippen LogP contribution in [0.3, 0.4) is 0 Å². The summed E-state index contributed by atoms with van der Waals surface area (Å²) < 4.78 is 7.50. The molecule has 0 aliphatic heterocycles.